The highest BCUT2D eigenvalue weighted by Crippen LogP contribution is 2.30. The normalized spacial score (nSPS) is 12.4. The second kappa shape index (κ2) is 9.79. The van der Waals surface area contributed by atoms with E-state index >= 15 is 0 Å². The third-order valence-electron chi connectivity index (χ3n) is 5.27. The zero-order valence-corrected chi connectivity index (χ0v) is 18.3. The van der Waals surface area contributed by atoms with E-state index in [0.29, 0.717) is 39.3 Å². The number of carbonyl (C=O) groups is 3. The van der Waals surface area contributed by atoms with Gasteiger partial charge < -0.3 is 15.4 Å². The van der Waals surface area contributed by atoms with Crippen LogP contribution in [0.3, 0.4) is 0 Å². The summed E-state index contributed by atoms with van der Waals surface area (Å²) < 4.78 is 4.68. The van der Waals surface area contributed by atoms with Crippen LogP contribution in [0.5, 0.6) is 0 Å². The van der Waals surface area contributed by atoms with Crippen molar-refractivity contribution in [3.05, 3.63) is 94.5 Å². The van der Waals surface area contributed by atoms with Gasteiger partial charge in [-0.3, -0.25) is 14.6 Å². The van der Waals surface area contributed by atoms with Gasteiger partial charge in [-0.2, -0.15) is 5.26 Å². The number of anilines is 1. The summed E-state index contributed by atoms with van der Waals surface area (Å²) in [6.45, 7) is 0.265. The summed E-state index contributed by atoms with van der Waals surface area (Å²) in [7, 11) is 1.32. The Balaban J connectivity index is 1.51. The predicted octanol–water partition coefficient (Wildman–Crippen LogP) is 3.74. The van der Waals surface area contributed by atoms with Crippen molar-refractivity contribution >= 4 is 34.9 Å². The Morgan fingerprint density at radius 1 is 1.09 bits per heavy atom. The quantitative estimate of drug-likeness (QED) is 0.572. The molecule has 4 rings (SSSR count). The van der Waals surface area contributed by atoms with Crippen molar-refractivity contribution in [3.8, 4) is 6.07 Å². The first-order valence-corrected chi connectivity index (χ1v) is 10.4. The molecule has 1 aliphatic heterocycles. The van der Waals surface area contributed by atoms with Crippen molar-refractivity contribution in [1.82, 2.24) is 5.32 Å². The number of nitriles is 1. The van der Waals surface area contributed by atoms with Crippen molar-refractivity contribution in [2.24, 2.45) is 4.99 Å². The zero-order chi connectivity index (χ0) is 24.1. The maximum absolute atomic E-state index is 12.7. The van der Waals surface area contributed by atoms with E-state index in [1.54, 1.807) is 66.7 Å². The molecule has 0 atom stereocenters. The minimum atomic E-state index is -0.425. The number of esters is 1. The highest BCUT2D eigenvalue weighted by Gasteiger charge is 2.19. The van der Waals surface area contributed by atoms with E-state index < -0.39 is 5.97 Å². The number of hydrogen-bond donors (Lipinski definition) is 2. The van der Waals surface area contributed by atoms with Crippen LogP contribution in [0.1, 0.15) is 43.8 Å². The van der Waals surface area contributed by atoms with Gasteiger partial charge in [-0.1, -0.05) is 24.3 Å². The van der Waals surface area contributed by atoms with Crippen molar-refractivity contribution in [3.63, 3.8) is 0 Å². The smallest absolute Gasteiger partial charge is 0.337 e. The molecule has 0 radical (unpaired) electrons. The summed E-state index contributed by atoms with van der Waals surface area (Å²) in [4.78, 5) is 41.3. The molecule has 0 aromatic heterocycles. The van der Waals surface area contributed by atoms with Gasteiger partial charge in [0, 0.05) is 12.1 Å². The van der Waals surface area contributed by atoms with Gasteiger partial charge in [0.15, 0.2) is 0 Å². The number of carbonyl (C=O) groups excluding carboxylic acids is 3. The number of hydrogen-bond acceptors (Lipinski definition) is 6. The van der Waals surface area contributed by atoms with Crippen LogP contribution < -0.4 is 10.6 Å². The Morgan fingerprint density at radius 2 is 1.85 bits per heavy atom. The Labute approximate surface area is 195 Å². The lowest BCUT2D eigenvalue weighted by molar-refractivity contribution is -0.115. The molecule has 3 aromatic carbocycles. The predicted molar refractivity (Wildman–Crippen MR) is 126 cm³/mol. The van der Waals surface area contributed by atoms with E-state index in [1.807, 2.05) is 0 Å². The summed E-state index contributed by atoms with van der Waals surface area (Å²) in [6, 6.07) is 20.7. The lowest BCUT2D eigenvalue weighted by Gasteiger charge is -2.09. The third-order valence-corrected chi connectivity index (χ3v) is 5.27. The summed E-state index contributed by atoms with van der Waals surface area (Å²) in [5, 5.41) is 14.8. The molecule has 1 heterocycles. The molecule has 0 unspecified atom stereocenters. The van der Waals surface area contributed by atoms with Crippen LogP contribution in [-0.4, -0.2) is 30.6 Å². The van der Waals surface area contributed by atoms with E-state index in [0.717, 1.165) is 5.56 Å². The number of amides is 2. The van der Waals surface area contributed by atoms with Crippen LogP contribution >= 0.6 is 0 Å². The molecule has 34 heavy (non-hydrogen) atoms. The van der Waals surface area contributed by atoms with E-state index in [-0.39, 0.29) is 24.8 Å². The number of methoxy groups -OCH3 is 1. The lowest BCUT2D eigenvalue weighted by atomic mass is 10.0. The summed E-state index contributed by atoms with van der Waals surface area (Å²) in [5.74, 6) is -1.00. The highest BCUT2D eigenvalue weighted by atomic mass is 16.5. The number of rotatable bonds is 5. The first kappa shape index (κ1) is 22.4. The van der Waals surface area contributed by atoms with Crippen LogP contribution in [0.4, 0.5) is 11.4 Å². The SMILES string of the molecule is COC(=O)c1ccc(CNC(=O)c2ccc3c(c2)NC(=O)CC(c2cccc(C#N)c2)=N3)cc1. The van der Waals surface area contributed by atoms with E-state index in [4.69, 9.17) is 5.26 Å². The largest absolute Gasteiger partial charge is 0.465 e. The van der Waals surface area contributed by atoms with Crippen molar-refractivity contribution in [1.29, 1.82) is 5.26 Å². The van der Waals surface area contributed by atoms with Gasteiger partial charge in [0.05, 0.1) is 47.8 Å². The molecule has 8 heteroatoms. The standard InChI is InChI=1S/C26H20N4O4/c1-34-26(33)18-7-5-16(6-8-18)15-28-25(32)20-9-10-21-23(12-20)30-24(31)13-22(29-21)19-4-2-3-17(11-19)14-27/h2-12H,13,15H2,1H3,(H,28,32)(H,30,31). The van der Waals surface area contributed by atoms with Crippen molar-refractivity contribution in [2.45, 2.75) is 13.0 Å². The van der Waals surface area contributed by atoms with Gasteiger partial charge in [0.25, 0.3) is 5.91 Å². The number of ether oxygens (including phenoxy) is 1. The fourth-order valence-electron chi connectivity index (χ4n) is 3.50. The van der Waals surface area contributed by atoms with Crippen LogP contribution in [0.2, 0.25) is 0 Å². The number of nitrogens with one attached hydrogen (secondary N) is 2. The molecule has 0 saturated heterocycles. The van der Waals surface area contributed by atoms with Crippen molar-refractivity contribution < 1.29 is 19.1 Å². The van der Waals surface area contributed by atoms with Gasteiger partial charge in [-0.05, 0) is 53.6 Å². The van der Waals surface area contributed by atoms with Gasteiger partial charge in [0.1, 0.15) is 0 Å². The Morgan fingerprint density at radius 3 is 2.59 bits per heavy atom. The molecule has 0 spiro atoms. The summed E-state index contributed by atoms with van der Waals surface area (Å²) >= 11 is 0. The first-order valence-electron chi connectivity index (χ1n) is 10.4. The fraction of sp³-hybridized carbons (Fsp3) is 0.115. The van der Waals surface area contributed by atoms with Gasteiger partial charge in [0.2, 0.25) is 5.91 Å². The van der Waals surface area contributed by atoms with Gasteiger partial charge >= 0.3 is 5.97 Å². The maximum Gasteiger partial charge on any atom is 0.337 e. The molecular formula is C26H20N4O4. The summed E-state index contributed by atoms with van der Waals surface area (Å²) in [5.41, 5.74) is 4.30. The molecule has 0 saturated carbocycles. The Kier molecular flexibility index (Phi) is 6.46. The maximum atomic E-state index is 12.7. The number of fused-ring (bicyclic) bond motifs is 1. The number of benzene rings is 3. The second-order valence-electron chi connectivity index (χ2n) is 7.58. The third kappa shape index (κ3) is 5.00. The first-order chi connectivity index (χ1) is 16.5. The van der Waals surface area contributed by atoms with Crippen LogP contribution in [0.15, 0.2) is 71.7 Å². The molecule has 0 aliphatic carbocycles. The van der Waals surface area contributed by atoms with E-state index in [9.17, 15) is 14.4 Å². The van der Waals surface area contributed by atoms with Crippen LogP contribution in [-0.2, 0) is 16.1 Å². The van der Waals surface area contributed by atoms with Crippen molar-refractivity contribution in [2.75, 3.05) is 12.4 Å². The summed E-state index contributed by atoms with van der Waals surface area (Å²) in [6.07, 6.45) is 0.0483. The number of aliphatic imine (C=N–C) groups is 1. The Hall–Kier alpha value is -4.77. The topological polar surface area (TPSA) is 121 Å². The highest BCUT2D eigenvalue weighted by molar-refractivity contribution is 6.17. The molecule has 3 aromatic rings. The average Bonchev–Trinajstić information content (AvgIpc) is 3.04. The van der Waals surface area contributed by atoms with E-state index in [1.165, 1.54) is 7.11 Å². The molecule has 0 bridgehead atoms. The molecule has 1 aliphatic rings. The molecule has 168 valence electrons. The number of nitrogens with zero attached hydrogens (tertiary/aromatic N) is 2. The average molecular weight is 452 g/mol. The molecule has 2 amide bonds. The minimum Gasteiger partial charge on any atom is -0.465 e. The van der Waals surface area contributed by atoms with E-state index in [2.05, 4.69) is 26.4 Å². The van der Waals surface area contributed by atoms with Crippen LogP contribution in [0.25, 0.3) is 0 Å². The molecule has 2 N–H and O–H groups in total. The second-order valence-corrected chi connectivity index (χ2v) is 7.58. The van der Waals surface area contributed by atoms with Gasteiger partial charge in [-0.25, -0.2) is 4.79 Å². The lowest BCUT2D eigenvalue weighted by Crippen LogP contribution is -2.23. The molecule has 8 nitrogen and oxygen atoms in total. The molecule has 0 fully saturated rings. The molecular weight excluding hydrogens is 432 g/mol. The van der Waals surface area contributed by atoms with Crippen LogP contribution in [0, 0.1) is 11.3 Å². The fourth-order valence-corrected chi connectivity index (χ4v) is 3.50. The monoisotopic (exact) mass is 452 g/mol. The van der Waals surface area contributed by atoms with Gasteiger partial charge in [-0.15, -0.1) is 0 Å². The Bertz CT molecular complexity index is 1350. The zero-order valence-electron chi connectivity index (χ0n) is 18.3. The minimum absolute atomic E-state index is 0.0483.